The number of methoxy groups -OCH3 is 1. The maximum absolute atomic E-state index is 13.2. The molecule has 0 aliphatic rings. The second-order valence-electron chi connectivity index (χ2n) is 7.66. The number of aliphatic hydroxyl groups excluding tert-OH is 1. The average molecular weight is 477 g/mol. The van der Waals surface area contributed by atoms with Crippen molar-refractivity contribution in [2.45, 2.75) is 19.6 Å². The highest BCUT2D eigenvalue weighted by Crippen LogP contribution is 2.24. The smallest absolute Gasteiger partial charge is 0.319 e. The summed E-state index contributed by atoms with van der Waals surface area (Å²) in [5.41, 5.74) is 2.16. The van der Waals surface area contributed by atoms with Crippen LogP contribution in [0.5, 0.6) is 5.75 Å². The van der Waals surface area contributed by atoms with Crippen LogP contribution in [0, 0.1) is 0 Å². The van der Waals surface area contributed by atoms with Gasteiger partial charge < -0.3 is 25.8 Å². The fraction of sp³-hybridized carbons (Fsp3) is 0.192. The van der Waals surface area contributed by atoms with Gasteiger partial charge >= 0.3 is 6.03 Å². The molecule has 9 nitrogen and oxygen atoms in total. The highest BCUT2D eigenvalue weighted by Gasteiger charge is 2.28. The van der Waals surface area contributed by atoms with Gasteiger partial charge in [0, 0.05) is 23.1 Å². The Morgan fingerprint density at radius 3 is 2.34 bits per heavy atom. The van der Waals surface area contributed by atoms with Gasteiger partial charge in [0.1, 0.15) is 11.8 Å². The van der Waals surface area contributed by atoms with Gasteiger partial charge in [0.15, 0.2) is 0 Å². The summed E-state index contributed by atoms with van der Waals surface area (Å²) in [6.45, 7) is 1.09. The number of ether oxygens (including phenoxy) is 1. The minimum atomic E-state index is -0.888. The van der Waals surface area contributed by atoms with E-state index in [-0.39, 0.29) is 13.2 Å². The topological polar surface area (TPSA) is 120 Å². The number of benzene rings is 3. The highest BCUT2D eigenvalue weighted by atomic mass is 16.5. The first-order valence-corrected chi connectivity index (χ1v) is 11.0. The molecule has 35 heavy (non-hydrogen) atoms. The van der Waals surface area contributed by atoms with Crippen molar-refractivity contribution in [1.82, 2.24) is 5.32 Å². The number of nitrogens with one attached hydrogen (secondary N) is 3. The van der Waals surface area contributed by atoms with Gasteiger partial charge in [-0.1, -0.05) is 36.4 Å². The van der Waals surface area contributed by atoms with E-state index in [2.05, 4.69) is 16.0 Å². The Labute approximate surface area is 203 Å². The number of amides is 4. The zero-order valence-electron chi connectivity index (χ0n) is 19.5. The van der Waals surface area contributed by atoms with Gasteiger partial charge in [-0.2, -0.15) is 0 Å². The molecule has 3 aromatic carbocycles. The third kappa shape index (κ3) is 7.05. The number of rotatable bonds is 9. The lowest BCUT2D eigenvalue weighted by Gasteiger charge is -2.29. The Morgan fingerprint density at radius 2 is 1.63 bits per heavy atom. The van der Waals surface area contributed by atoms with E-state index < -0.39 is 23.9 Å². The molecule has 0 bridgehead atoms. The maximum Gasteiger partial charge on any atom is 0.319 e. The van der Waals surface area contributed by atoms with Gasteiger partial charge in [-0.3, -0.25) is 14.5 Å². The molecular formula is C26H28N4O5. The van der Waals surface area contributed by atoms with E-state index in [1.165, 1.54) is 12.0 Å². The monoisotopic (exact) mass is 476 g/mol. The minimum absolute atomic E-state index is 0.159. The third-order valence-corrected chi connectivity index (χ3v) is 5.18. The zero-order chi connectivity index (χ0) is 25.2. The van der Waals surface area contributed by atoms with Crippen molar-refractivity contribution in [2.24, 2.45) is 0 Å². The number of nitrogens with zero attached hydrogens (tertiary/aromatic N) is 1. The molecule has 0 saturated carbocycles. The lowest BCUT2D eigenvalue weighted by atomic mass is 10.2. The second-order valence-corrected chi connectivity index (χ2v) is 7.66. The molecule has 0 aliphatic heterocycles. The molecule has 4 N–H and O–H groups in total. The number of aliphatic hydroxyl groups is 1. The molecule has 0 spiro atoms. The van der Waals surface area contributed by atoms with E-state index in [4.69, 9.17) is 4.74 Å². The van der Waals surface area contributed by atoms with Crippen LogP contribution in [0.4, 0.5) is 21.9 Å². The zero-order valence-corrected chi connectivity index (χ0v) is 19.5. The number of hydrogen-bond acceptors (Lipinski definition) is 5. The van der Waals surface area contributed by atoms with Gasteiger partial charge in [-0.05, 0) is 48.9 Å². The summed E-state index contributed by atoms with van der Waals surface area (Å²) in [5, 5.41) is 17.2. The van der Waals surface area contributed by atoms with Gasteiger partial charge in [-0.15, -0.1) is 0 Å². The molecule has 1 unspecified atom stereocenters. The predicted molar refractivity (Wildman–Crippen MR) is 134 cm³/mol. The van der Waals surface area contributed by atoms with Gasteiger partial charge in [0.25, 0.3) is 0 Å². The van der Waals surface area contributed by atoms with E-state index in [9.17, 15) is 19.5 Å². The van der Waals surface area contributed by atoms with Crippen LogP contribution in [0.3, 0.4) is 0 Å². The lowest BCUT2D eigenvalue weighted by Crippen LogP contribution is -2.50. The van der Waals surface area contributed by atoms with E-state index in [1.54, 1.807) is 79.7 Å². The molecule has 9 heteroatoms. The molecule has 1 atom stereocenters. The van der Waals surface area contributed by atoms with Crippen molar-refractivity contribution in [3.63, 3.8) is 0 Å². The number of para-hydroxylation sites is 1. The molecule has 3 rings (SSSR count). The molecule has 3 aromatic rings. The molecular weight excluding hydrogens is 448 g/mol. The van der Waals surface area contributed by atoms with Crippen molar-refractivity contribution in [2.75, 3.05) is 29.2 Å². The Kier molecular flexibility index (Phi) is 8.80. The first-order valence-electron chi connectivity index (χ1n) is 11.0. The Morgan fingerprint density at radius 1 is 0.914 bits per heavy atom. The molecule has 0 saturated heterocycles. The van der Waals surface area contributed by atoms with Crippen LogP contribution in [0.15, 0.2) is 78.9 Å². The summed E-state index contributed by atoms with van der Waals surface area (Å²) in [4.78, 5) is 39.9. The van der Waals surface area contributed by atoms with Crippen molar-refractivity contribution in [1.29, 1.82) is 0 Å². The Hall–Kier alpha value is -4.37. The first-order chi connectivity index (χ1) is 16.9. The number of hydrogen-bond donors (Lipinski definition) is 4. The second kappa shape index (κ2) is 12.2. The van der Waals surface area contributed by atoms with Gasteiger partial charge in [-0.25, -0.2) is 4.79 Å². The van der Waals surface area contributed by atoms with E-state index >= 15 is 0 Å². The number of carbonyl (C=O) groups is 3. The summed E-state index contributed by atoms with van der Waals surface area (Å²) in [5.74, 6) is -0.365. The van der Waals surface area contributed by atoms with Crippen LogP contribution >= 0.6 is 0 Å². The average Bonchev–Trinajstić information content (AvgIpc) is 2.88. The molecule has 182 valence electrons. The first kappa shape index (κ1) is 25.3. The standard InChI is InChI=1S/C26H28N4O5/c1-18(25(33)28-20-9-4-3-5-10-20)30(22-12-7-13-23(15-22)35-2)24(32)16-27-26(34)29-21-11-6-8-19(14-21)17-31/h3-15,18,31H,16-17H2,1-2H3,(H,28,33)(H2,27,29,34). The third-order valence-electron chi connectivity index (χ3n) is 5.18. The summed E-state index contributed by atoms with van der Waals surface area (Å²) >= 11 is 0. The SMILES string of the molecule is COc1cccc(N(C(=O)CNC(=O)Nc2cccc(CO)c2)C(C)C(=O)Nc2ccccc2)c1. The van der Waals surface area contributed by atoms with Crippen LogP contribution in [0.2, 0.25) is 0 Å². The highest BCUT2D eigenvalue weighted by molar-refractivity contribution is 6.06. The summed E-state index contributed by atoms with van der Waals surface area (Å²) < 4.78 is 5.27. The van der Waals surface area contributed by atoms with Crippen LogP contribution in [-0.2, 0) is 16.2 Å². The van der Waals surface area contributed by atoms with E-state index in [0.29, 0.717) is 28.4 Å². The normalized spacial score (nSPS) is 11.2. The molecule has 0 aliphatic carbocycles. The van der Waals surface area contributed by atoms with Gasteiger partial charge in [0.2, 0.25) is 11.8 Å². The number of urea groups is 1. The molecule has 4 amide bonds. The van der Waals surface area contributed by atoms with E-state index in [1.807, 2.05) is 6.07 Å². The van der Waals surface area contributed by atoms with Crippen LogP contribution < -0.4 is 25.6 Å². The van der Waals surface area contributed by atoms with Crippen LogP contribution in [-0.4, -0.2) is 42.6 Å². The quantitative estimate of drug-likeness (QED) is 0.378. The van der Waals surface area contributed by atoms with Crippen molar-refractivity contribution in [3.8, 4) is 5.75 Å². The molecule has 0 aromatic heterocycles. The summed E-state index contributed by atoms with van der Waals surface area (Å²) in [6.07, 6.45) is 0. The largest absolute Gasteiger partial charge is 0.497 e. The number of anilines is 3. The Bertz CT molecular complexity index is 1170. The summed E-state index contributed by atoms with van der Waals surface area (Å²) in [6, 6.07) is 20.9. The molecule has 0 radical (unpaired) electrons. The van der Waals surface area contributed by atoms with Crippen molar-refractivity contribution >= 4 is 34.9 Å². The number of carbonyl (C=O) groups excluding carboxylic acids is 3. The minimum Gasteiger partial charge on any atom is -0.497 e. The predicted octanol–water partition coefficient (Wildman–Crippen LogP) is 3.37. The van der Waals surface area contributed by atoms with Gasteiger partial charge in [0.05, 0.1) is 20.3 Å². The van der Waals surface area contributed by atoms with Crippen LogP contribution in [0.25, 0.3) is 0 Å². The lowest BCUT2D eigenvalue weighted by molar-refractivity contribution is -0.122. The van der Waals surface area contributed by atoms with Crippen LogP contribution in [0.1, 0.15) is 12.5 Å². The molecule has 0 fully saturated rings. The fourth-order valence-corrected chi connectivity index (χ4v) is 3.39. The van der Waals surface area contributed by atoms with Crippen molar-refractivity contribution in [3.05, 3.63) is 84.4 Å². The molecule has 0 heterocycles. The Balaban J connectivity index is 1.74. The van der Waals surface area contributed by atoms with Crippen molar-refractivity contribution < 1.29 is 24.2 Å². The fourth-order valence-electron chi connectivity index (χ4n) is 3.39. The summed E-state index contributed by atoms with van der Waals surface area (Å²) in [7, 11) is 1.51. The maximum atomic E-state index is 13.2. The van der Waals surface area contributed by atoms with E-state index in [0.717, 1.165) is 0 Å².